The number of nitriles is 1. The molecule has 9 nitrogen and oxygen atoms in total. The number of pyridine rings is 1. The molecule has 4 N–H and O–H groups in total. The number of alkyl halides is 3. The number of nitrogens with zero attached hydrogens (tertiary/aromatic N) is 3. The van der Waals surface area contributed by atoms with Gasteiger partial charge in [0.25, 0.3) is 0 Å². The van der Waals surface area contributed by atoms with Crippen molar-refractivity contribution in [1.29, 1.82) is 5.26 Å². The van der Waals surface area contributed by atoms with Crippen LogP contribution in [0.15, 0.2) is 47.8 Å². The molecule has 0 saturated heterocycles. The van der Waals surface area contributed by atoms with Crippen LogP contribution in [0, 0.1) is 11.3 Å². The Labute approximate surface area is 181 Å². The van der Waals surface area contributed by atoms with Crippen LogP contribution in [0.4, 0.5) is 19.0 Å². The van der Waals surface area contributed by atoms with E-state index in [1.807, 2.05) is 6.07 Å². The summed E-state index contributed by atoms with van der Waals surface area (Å²) < 4.78 is 54.8. The molecule has 0 amide bonds. The number of nitrogens with two attached hydrogens (primary N) is 1. The van der Waals surface area contributed by atoms with Gasteiger partial charge < -0.3 is 15.8 Å². The number of H-pyrrole nitrogens is 1. The number of carbonyl (C=O) groups is 1. The van der Waals surface area contributed by atoms with Crippen molar-refractivity contribution in [2.24, 2.45) is 0 Å². The van der Waals surface area contributed by atoms with Crippen molar-refractivity contribution in [1.82, 2.24) is 15.0 Å². The maximum absolute atomic E-state index is 11.5. The molecule has 0 bridgehead atoms. The molecule has 0 unspecified atom stereocenters. The summed E-state index contributed by atoms with van der Waals surface area (Å²) in [7, 11) is -3.27. The third-order valence-electron chi connectivity index (χ3n) is 3.77. The number of carboxylic acids is 1. The average Bonchev–Trinajstić information content (AvgIpc) is 3.21. The predicted molar refractivity (Wildman–Crippen MR) is 110 cm³/mol. The minimum absolute atomic E-state index is 0. The molecule has 3 aromatic rings. The van der Waals surface area contributed by atoms with Gasteiger partial charge in [0, 0.05) is 17.4 Å². The normalized spacial score (nSPS) is 10.8. The van der Waals surface area contributed by atoms with Crippen molar-refractivity contribution in [2.75, 3.05) is 12.0 Å². The van der Waals surface area contributed by atoms with Gasteiger partial charge in [0.15, 0.2) is 9.84 Å². The molecule has 0 fully saturated rings. The van der Waals surface area contributed by atoms with Crippen LogP contribution in [0.25, 0.3) is 22.5 Å². The van der Waals surface area contributed by atoms with Gasteiger partial charge in [-0.15, -0.1) is 0 Å². The Morgan fingerprint density at radius 2 is 1.81 bits per heavy atom. The van der Waals surface area contributed by atoms with Crippen LogP contribution in [-0.2, 0) is 14.6 Å². The number of aromatic nitrogens is 3. The molecule has 0 aliphatic carbocycles. The van der Waals surface area contributed by atoms with Gasteiger partial charge in [-0.3, -0.25) is 0 Å². The van der Waals surface area contributed by atoms with E-state index in [2.05, 4.69) is 15.0 Å². The summed E-state index contributed by atoms with van der Waals surface area (Å²) in [5.74, 6) is -2.65. The number of imidazole rings is 1. The Bertz CT molecular complexity index is 1230. The summed E-state index contributed by atoms with van der Waals surface area (Å²) in [6.45, 7) is 0. The molecule has 0 atom stereocenters. The fraction of sp³-hybridized carbons (Fsp3) is 0.158. The molecule has 0 radical (unpaired) electrons. The molecule has 0 spiro atoms. The molecule has 170 valence electrons. The maximum Gasteiger partial charge on any atom is 0.490 e. The Hall–Kier alpha value is -3.92. The van der Waals surface area contributed by atoms with E-state index in [-0.39, 0.29) is 23.7 Å². The summed E-state index contributed by atoms with van der Waals surface area (Å²) in [4.78, 5) is 20.3. The van der Waals surface area contributed by atoms with Gasteiger partial charge in [0.1, 0.15) is 17.5 Å². The fourth-order valence-electron chi connectivity index (χ4n) is 2.32. The number of halogens is 3. The van der Waals surface area contributed by atoms with Crippen LogP contribution in [0.2, 0.25) is 0 Å². The molecular weight excluding hydrogens is 451 g/mol. The highest BCUT2D eigenvalue weighted by Crippen LogP contribution is 2.30. The quantitative estimate of drug-likeness (QED) is 0.526. The van der Waals surface area contributed by atoms with Crippen molar-refractivity contribution in [3.63, 3.8) is 0 Å². The first kappa shape index (κ1) is 26.1. The molecule has 32 heavy (non-hydrogen) atoms. The van der Waals surface area contributed by atoms with Gasteiger partial charge in [0.2, 0.25) is 0 Å². The molecule has 2 aromatic heterocycles. The minimum Gasteiger partial charge on any atom is -0.475 e. The standard InChI is InChI=1S/C16H13N5O2S.C2HF3O2.CH4/c1-24(22,23)11-4-2-10(3-5-11)14-6-12(15-8-19-9-20-15)13(7-17)16(18)21-14;3-2(4,5)1(6)7;/h2-6,8-9H,1H3,(H2,18,21)(H,19,20);(H,6,7);1H4. The number of hydrogen-bond acceptors (Lipinski definition) is 7. The van der Waals surface area contributed by atoms with E-state index < -0.39 is 22.0 Å². The highest BCUT2D eigenvalue weighted by Gasteiger charge is 2.38. The first-order valence-electron chi connectivity index (χ1n) is 8.14. The van der Waals surface area contributed by atoms with Crippen LogP contribution in [0.5, 0.6) is 0 Å². The van der Waals surface area contributed by atoms with Crippen molar-refractivity contribution in [2.45, 2.75) is 18.5 Å². The van der Waals surface area contributed by atoms with Crippen LogP contribution in [0.1, 0.15) is 13.0 Å². The number of sulfone groups is 1. The third kappa shape index (κ3) is 6.29. The van der Waals surface area contributed by atoms with E-state index in [4.69, 9.17) is 15.6 Å². The monoisotopic (exact) mass is 469 g/mol. The van der Waals surface area contributed by atoms with Gasteiger partial charge in [-0.05, 0) is 18.2 Å². The summed E-state index contributed by atoms with van der Waals surface area (Å²) in [5.41, 5.74) is 8.64. The summed E-state index contributed by atoms with van der Waals surface area (Å²) in [6.07, 6.45) is -0.837. The van der Waals surface area contributed by atoms with E-state index in [0.717, 1.165) is 6.26 Å². The highest BCUT2D eigenvalue weighted by molar-refractivity contribution is 7.90. The van der Waals surface area contributed by atoms with Crippen molar-refractivity contribution < 1.29 is 31.5 Å². The Morgan fingerprint density at radius 3 is 2.22 bits per heavy atom. The number of nitrogen functional groups attached to an aromatic ring is 1. The Kier molecular flexibility index (Phi) is 8.10. The zero-order valence-electron chi connectivity index (χ0n) is 15.7. The third-order valence-corrected chi connectivity index (χ3v) is 4.90. The van der Waals surface area contributed by atoms with Gasteiger partial charge in [-0.1, -0.05) is 19.6 Å². The van der Waals surface area contributed by atoms with Crippen LogP contribution >= 0.6 is 0 Å². The number of nitrogens with one attached hydrogen (secondary N) is 1. The zero-order valence-corrected chi connectivity index (χ0v) is 16.5. The zero-order chi connectivity index (χ0) is 23.4. The fourth-order valence-corrected chi connectivity index (χ4v) is 2.95. The van der Waals surface area contributed by atoms with E-state index in [0.29, 0.717) is 22.5 Å². The van der Waals surface area contributed by atoms with Gasteiger partial charge >= 0.3 is 12.1 Å². The van der Waals surface area contributed by atoms with Crippen molar-refractivity contribution >= 4 is 21.6 Å². The van der Waals surface area contributed by atoms with Gasteiger partial charge in [-0.2, -0.15) is 18.4 Å². The summed E-state index contributed by atoms with van der Waals surface area (Å²) in [5, 5.41) is 16.4. The van der Waals surface area contributed by atoms with Crippen LogP contribution in [0.3, 0.4) is 0 Å². The Morgan fingerprint density at radius 1 is 1.25 bits per heavy atom. The number of benzene rings is 1. The number of anilines is 1. The second-order valence-electron chi connectivity index (χ2n) is 5.99. The summed E-state index contributed by atoms with van der Waals surface area (Å²) >= 11 is 0. The van der Waals surface area contributed by atoms with Crippen molar-refractivity contribution in [3.05, 3.63) is 48.4 Å². The molecule has 0 aliphatic rings. The van der Waals surface area contributed by atoms with E-state index in [1.165, 1.54) is 18.5 Å². The van der Waals surface area contributed by atoms with E-state index in [9.17, 15) is 26.9 Å². The van der Waals surface area contributed by atoms with Crippen LogP contribution < -0.4 is 5.73 Å². The second kappa shape index (κ2) is 9.92. The molecule has 13 heteroatoms. The smallest absolute Gasteiger partial charge is 0.475 e. The first-order chi connectivity index (χ1) is 14.3. The number of aliphatic carboxylic acids is 1. The molecule has 3 rings (SSSR count). The average molecular weight is 469 g/mol. The predicted octanol–water partition coefficient (Wildman–Crippen LogP) is 3.27. The lowest BCUT2D eigenvalue weighted by molar-refractivity contribution is -0.192. The molecule has 0 aliphatic heterocycles. The maximum atomic E-state index is 11.5. The van der Waals surface area contributed by atoms with Crippen LogP contribution in [-0.4, -0.2) is 46.9 Å². The number of rotatable bonds is 3. The number of aromatic amines is 1. The molecule has 2 heterocycles. The van der Waals surface area contributed by atoms with Gasteiger partial charge in [-0.25, -0.2) is 23.2 Å². The molecule has 1 aromatic carbocycles. The Balaban J connectivity index is 0.000000558. The van der Waals surface area contributed by atoms with Gasteiger partial charge in [0.05, 0.1) is 28.8 Å². The SMILES string of the molecule is C.CS(=O)(=O)c1ccc(-c2cc(-c3cnc[nH]3)c(C#N)c(N)n2)cc1.O=C(O)C(F)(F)F. The first-order valence-corrected chi connectivity index (χ1v) is 10.0. The van der Waals surface area contributed by atoms with Crippen molar-refractivity contribution in [3.8, 4) is 28.6 Å². The number of carboxylic acid groups (broad SMARTS) is 1. The number of hydrogen-bond donors (Lipinski definition) is 3. The minimum atomic E-state index is -5.08. The van der Waals surface area contributed by atoms with E-state index >= 15 is 0 Å². The lowest BCUT2D eigenvalue weighted by Crippen LogP contribution is -2.21. The lowest BCUT2D eigenvalue weighted by atomic mass is 10.0. The second-order valence-corrected chi connectivity index (χ2v) is 8.01. The lowest BCUT2D eigenvalue weighted by Gasteiger charge is -2.09. The van der Waals surface area contributed by atoms with E-state index in [1.54, 1.807) is 24.4 Å². The summed E-state index contributed by atoms with van der Waals surface area (Å²) in [6, 6.07) is 10.1. The highest BCUT2D eigenvalue weighted by atomic mass is 32.2. The molecule has 0 saturated carbocycles. The topological polar surface area (TPSA) is 163 Å². The molecular formula is C19H18F3N5O4S. The largest absolute Gasteiger partial charge is 0.490 e.